The molecule has 1 aliphatic heterocycles. The van der Waals surface area contributed by atoms with E-state index in [4.69, 9.17) is 22.7 Å². The van der Waals surface area contributed by atoms with E-state index in [1.165, 1.54) is 15.4 Å². The van der Waals surface area contributed by atoms with Crippen LogP contribution in [0.2, 0.25) is 0 Å². The van der Waals surface area contributed by atoms with Crippen molar-refractivity contribution in [2.24, 2.45) is 10.7 Å². The standard InChI is InChI=1S/C29H27N3OS2/c30-29(23-8-1-3-10-26(23)34)31-21-14-12-20(13-15-21)7-5-6-18-33-22-16-17-28-25(19-22)32-24-9-2-4-11-27(24)35-28/h1-4,8-9,11-17,19,32H,5-7,10,18H2,(H2,30,31). The summed E-state index contributed by atoms with van der Waals surface area (Å²) in [6.45, 7) is 0.699. The van der Waals surface area contributed by atoms with Crippen molar-refractivity contribution in [1.29, 1.82) is 0 Å². The van der Waals surface area contributed by atoms with Crippen LogP contribution in [0.1, 0.15) is 24.8 Å². The lowest BCUT2D eigenvalue weighted by atomic mass is 10.0. The van der Waals surface area contributed by atoms with Gasteiger partial charge in [0.1, 0.15) is 11.6 Å². The number of fused-ring (bicyclic) bond motifs is 2. The lowest BCUT2D eigenvalue weighted by Crippen LogP contribution is -2.20. The van der Waals surface area contributed by atoms with E-state index < -0.39 is 0 Å². The van der Waals surface area contributed by atoms with Crippen LogP contribution in [0, 0.1) is 0 Å². The fraction of sp³-hybridized carbons (Fsp3) is 0.172. The van der Waals surface area contributed by atoms with E-state index in [2.05, 4.69) is 64.9 Å². The molecule has 176 valence electrons. The van der Waals surface area contributed by atoms with E-state index in [1.807, 2.05) is 30.4 Å². The highest BCUT2D eigenvalue weighted by molar-refractivity contribution is 7.99. The van der Waals surface area contributed by atoms with Gasteiger partial charge in [0.2, 0.25) is 0 Å². The number of allylic oxidation sites excluding steroid dienone is 3. The Morgan fingerprint density at radius 3 is 2.69 bits per heavy atom. The van der Waals surface area contributed by atoms with E-state index in [9.17, 15) is 0 Å². The minimum Gasteiger partial charge on any atom is -0.494 e. The highest BCUT2D eigenvalue weighted by atomic mass is 32.2. The smallest absolute Gasteiger partial charge is 0.132 e. The minimum absolute atomic E-state index is 0.476. The van der Waals surface area contributed by atoms with Gasteiger partial charge in [-0.25, -0.2) is 4.99 Å². The van der Waals surface area contributed by atoms with Crippen molar-refractivity contribution in [3.63, 3.8) is 0 Å². The van der Waals surface area contributed by atoms with Crippen LogP contribution < -0.4 is 15.8 Å². The zero-order valence-electron chi connectivity index (χ0n) is 19.4. The summed E-state index contributed by atoms with van der Waals surface area (Å²) in [6, 6.07) is 22.9. The van der Waals surface area contributed by atoms with Crippen molar-refractivity contribution in [2.75, 3.05) is 11.9 Å². The van der Waals surface area contributed by atoms with Crippen LogP contribution in [-0.4, -0.2) is 17.3 Å². The monoisotopic (exact) mass is 497 g/mol. The number of para-hydroxylation sites is 1. The summed E-state index contributed by atoms with van der Waals surface area (Å²) in [5.41, 5.74) is 11.4. The van der Waals surface area contributed by atoms with Gasteiger partial charge >= 0.3 is 0 Å². The molecule has 4 nitrogen and oxygen atoms in total. The molecule has 0 saturated carbocycles. The number of hydrogen-bond donors (Lipinski definition) is 2. The summed E-state index contributed by atoms with van der Waals surface area (Å²) < 4.78 is 6.03. The van der Waals surface area contributed by atoms with E-state index >= 15 is 0 Å². The zero-order valence-corrected chi connectivity index (χ0v) is 21.0. The van der Waals surface area contributed by atoms with Gasteiger partial charge in [-0.3, -0.25) is 0 Å². The molecule has 3 N–H and O–H groups in total. The Morgan fingerprint density at radius 2 is 1.83 bits per heavy atom. The van der Waals surface area contributed by atoms with Crippen LogP contribution in [0.5, 0.6) is 5.75 Å². The van der Waals surface area contributed by atoms with Gasteiger partial charge in [0.05, 0.1) is 23.7 Å². The third-order valence-electron chi connectivity index (χ3n) is 5.92. The van der Waals surface area contributed by atoms with Crippen molar-refractivity contribution in [3.05, 3.63) is 96.1 Å². The summed E-state index contributed by atoms with van der Waals surface area (Å²) in [7, 11) is 0. The van der Waals surface area contributed by atoms with Gasteiger partial charge < -0.3 is 15.8 Å². The van der Waals surface area contributed by atoms with E-state index in [-0.39, 0.29) is 0 Å². The molecule has 5 rings (SSSR count). The molecule has 0 aromatic heterocycles. The lowest BCUT2D eigenvalue weighted by molar-refractivity contribution is 0.307. The van der Waals surface area contributed by atoms with Gasteiger partial charge in [-0.15, -0.1) is 0 Å². The number of hydrogen-bond acceptors (Lipinski definition) is 5. The average Bonchev–Trinajstić information content (AvgIpc) is 2.88. The summed E-state index contributed by atoms with van der Waals surface area (Å²) in [4.78, 5) is 7.85. The van der Waals surface area contributed by atoms with Crippen LogP contribution in [0.3, 0.4) is 0 Å². The summed E-state index contributed by atoms with van der Waals surface area (Å²) in [5.74, 6) is 1.38. The molecular weight excluding hydrogens is 470 g/mol. The molecule has 0 fully saturated rings. The van der Waals surface area contributed by atoms with Crippen molar-refractivity contribution in [1.82, 2.24) is 0 Å². The molecule has 6 heteroatoms. The first-order chi connectivity index (χ1) is 17.2. The molecule has 0 spiro atoms. The molecule has 35 heavy (non-hydrogen) atoms. The number of benzene rings is 3. The molecule has 0 radical (unpaired) electrons. The van der Waals surface area contributed by atoms with E-state index in [0.717, 1.165) is 58.9 Å². The third-order valence-corrected chi connectivity index (χ3v) is 7.46. The van der Waals surface area contributed by atoms with Crippen molar-refractivity contribution < 1.29 is 4.74 Å². The van der Waals surface area contributed by atoms with E-state index in [0.29, 0.717) is 12.4 Å². The SMILES string of the molecule is NC(=Nc1ccc(CCCCOc2ccc3c(c2)Nc2ccccc2S3)cc1)C1=CC=CCC1=S. The van der Waals surface area contributed by atoms with Crippen LogP contribution in [0.15, 0.2) is 105 Å². The van der Waals surface area contributed by atoms with Gasteiger partial charge in [-0.1, -0.05) is 66.5 Å². The number of amidine groups is 1. The predicted octanol–water partition coefficient (Wildman–Crippen LogP) is 7.54. The maximum absolute atomic E-state index is 6.17. The minimum atomic E-state index is 0.476. The first-order valence-electron chi connectivity index (χ1n) is 11.8. The Balaban J connectivity index is 1.08. The first-order valence-corrected chi connectivity index (χ1v) is 13.0. The van der Waals surface area contributed by atoms with Gasteiger partial charge in [0, 0.05) is 32.7 Å². The highest BCUT2D eigenvalue weighted by Gasteiger charge is 2.15. The number of aliphatic imine (C=N–C) groups is 1. The second-order valence-electron chi connectivity index (χ2n) is 8.49. The quantitative estimate of drug-likeness (QED) is 0.114. The van der Waals surface area contributed by atoms with Crippen LogP contribution >= 0.6 is 24.0 Å². The number of nitrogens with one attached hydrogen (secondary N) is 1. The van der Waals surface area contributed by atoms with Crippen molar-refractivity contribution >= 4 is 51.7 Å². The maximum Gasteiger partial charge on any atom is 0.132 e. The van der Waals surface area contributed by atoms with Gasteiger partial charge in [0.15, 0.2) is 0 Å². The number of anilines is 2. The Labute approximate surface area is 216 Å². The molecule has 0 amide bonds. The second-order valence-corrected chi connectivity index (χ2v) is 10.1. The fourth-order valence-electron chi connectivity index (χ4n) is 4.04. The third kappa shape index (κ3) is 5.84. The molecule has 0 atom stereocenters. The molecule has 0 unspecified atom stereocenters. The number of thiocarbonyl (C=S) groups is 1. The topological polar surface area (TPSA) is 59.6 Å². The average molecular weight is 498 g/mol. The van der Waals surface area contributed by atoms with Gasteiger partial charge in [-0.2, -0.15) is 0 Å². The van der Waals surface area contributed by atoms with Crippen molar-refractivity contribution in [3.8, 4) is 5.75 Å². The zero-order chi connectivity index (χ0) is 24.0. The molecule has 2 aliphatic rings. The molecule has 0 saturated heterocycles. The Hall–Kier alpha value is -3.35. The number of nitrogens with zero attached hydrogens (tertiary/aromatic N) is 1. The highest BCUT2D eigenvalue weighted by Crippen LogP contribution is 2.45. The number of unbranched alkanes of at least 4 members (excludes halogenated alkanes) is 1. The summed E-state index contributed by atoms with van der Waals surface area (Å²) in [5, 5.41) is 3.51. The summed E-state index contributed by atoms with van der Waals surface area (Å²) in [6.07, 6.45) is 9.74. The van der Waals surface area contributed by atoms with E-state index in [1.54, 1.807) is 11.8 Å². The molecule has 0 bridgehead atoms. The normalized spacial score (nSPS) is 14.6. The molecule has 1 heterocycles. The number of nitrogens with two attached hydrogens (primary N) is 1. The second kappa shape index (κ2) is 10.9. The Bertz CT molecular complexity index is 1330. The largest absolute Gasteiger partial charge is 0.494 e. The first kappa shape index (κ1) is 23.4. The summed E-state index contributed by atoms with van der Waals surface area (Å²) >= 11 is 7.17. The molecule has 3 aromatic rings. The Kier molecular flexibility index (Phi) is 7.31. The molecular formula is C29H27N3OS2. The van der Waals surface area contributed by atoms with Crippen LogP contribution in [-0.2, 0) is 6.42 Å². The maximum atomic E-state index is 6.17. The lowest BCUT2D eigenvalue weighted by Gasteiger charge is -2.21. The fourth-order valence-corrected chi connectivity index (χ4v) is 5.27. The van der Waals surface area contributed by atoms with Crippen molar-refractivity contribution in [2.45, 2.75) is 35.5 Å². The predicted molar refractivity (Wildman–Crippen MR) is 151 cm³/mol. The van der Waals surface area contributed by atoms with Gasteiger partial charge in [0.25, 0.3) is 0 Å². The van der Waals surface area contributed by atoms with Crippen LogP contribution in [0.4, 0.5) is 17.1 Å². The van der Waals surface area contributed by atoms with Gasteiger partial charge in [-0.05, 0) is 61.2 Å². The number of ether oxygens (including phenoxy) is 1. The molecule has 1 aliphatic carbocycles. The number of aryl methyl sites for hydroxylation is 1. The van der Waals surface area contributed by atoms with Crippen LogP contribution in [0.25, 0.3) is 0 Å². The Morgan fingerprint density at radius 1 is 1.00 bits per heavy atom. The number of rotatable bonds is 8. The molecule has 3 aromatic carbocycles.